The van der Waals surface area contributed by atoms with Crippen LogP contribution in [0.4, 0.5) is 5.69 Å². The third kappa shape index (κ3) is 2.69. The summed E-state index contributed by atoms with van der Waals surface area (Å²) in [6.45, 7) is 3.29. The Morgan fingerprint density at radius 1 is 1.50 bits per heavy atom. The predicted molar refractivity (Wildman–Crippen MR) is 55.3 cm³/mol. The standard InChI is InChI=1S/C10H11NO5/c1-6(2)16-10(13)8-5-7(11(14)15)3-4-9(8)12/h3-6,12H,1-2H3. The Balaban J connectivity index is 3.07. The SMILES string of the molecule is CC(C)OC(=O)c1cc([N+](=O)[O-])ccc1O. The van der Waals surface area contributed by atoms with Gasteiger partial charge < -0.3 is 9.84 Å². The van der Waals surface area contributed by atoms with Crippen LogP contribution in [0.25, 0.3) is 0 Å². The molecule has 1 aromatic rings. The molecular weight excluding hydrogens is 214 g/mol. The molecule has 1 N–H and O–H groups in total. The number of esters is 1. The molecule has 0 saturated carbocycles. The van der Waals surface area contributed by atoms with Crippen molar-refractivity contribution in [1.82, 2.24) is 0 Å². The van der Waals surface area contributed by atoms with Crippen LogP contribution in [0.5, 0.6) is 5.75 Å². The predicted octanol–water partition coefficient (Wildman–Crippen LogP) is 1.87. The summed E-state index contributed by atoms with van der Waals surface area (Å²) in [4.78, 5) is 21.3. The summed E-state index contributed by atoms with van der Waals surface area (Å²) in [5.74, 6) is -1.12. The molecule has 0 fully saturated rings. The van der Waals surface area contributed by atoms with Crippen LogP contribution in [-0.4, -0.2) is 22.1 Å². The molecule has 0 aliphatic rings. The van der Waals surface area contributed by atoms with Crippen molar-refractivity contribution in [1.29, 1.82) is 0 Å². The Morgan fingerprint density at radius 3 is 2.62 bits per heavy atom. The van der Waals surface area contributed by atoms with Gasteiger partial charge in [0.05, 0.1) is 11.0 Å². The fraction of sp³-hybridized carbons (Fsp3) is 0.300. The first kappa shape index (κ1) is 12.0. The van der Waals surface area contributed by atoms with Gasteiger partial charge in [-0.05, 0) is 19.9 Å². The number of ether oxygens (including phenoxy) is 1. The number of phenolic OH excluding ortho intramolecular Hbond substituents is 1. The number of hydrogen-bond donors (Lipinski definition) is 1. The van der Waals surface area contributed by atoms with E-state index < -0.39 is 10.9 Å². The minimum absolute atomic E-state index is 0.206. The molecule has 6 nitrogen and oxygen atoms in total. The number of carbonyl (C=O) groups excluding carboxylic acids is 1. The Bertz CT molecular complexity index is 427. The lowest BCUT2D eigenvalue weighted by molar-refractivity contribution is -0.384. The lowest BCUT2D eigenvalue weighted by Gasteiger charge is -2.08. The summed E-state index contributed by atoms with van der Waals surface area (Å²) in [5, 5.41) is 19.9. The normalized spacial score (nSPS) is 10.2. The molecule has 86 valence electrons. The van der Waals surface area contributed by atoms with Gasteiger partial charge in [-0.25, -0.2) is 4.79 Å². The van der Waals surface area contributed by atoms with Crippen molar-refractivity contribution in [3.05, 3.63) is 33.9 Å². The van der Waals surface area contributed by atoms with Crippen molar-refractivity contribution in [2.45, 2.75) is 20.0 Å². The summed E-state index contributed by atoms with van der Waals surface area (Å²) >= 11 is 0. The van der Waals surface area contributed by atoms with E-state index in [9.17, 15) is 20.0 Å². The second-order valence-corrected chi connectivity index (χ2v) is 3.41. The molecule has 0 aliphatic carbocycles. The lowest BCUT2D eigenvalue weighted by Crippen LogP contribution is -2.12. The summed E-state index contributed by atoms with van der Waals surface area (Å²) in [5.41, 5.74) is -0.476. The van der Waals surface area contributed by atoms with Gasteiger partial charge in [0.2, 0.25) is 0 Å². The Kier molecular flexibility index (Phi) is 3.44. The van der Waals surface area contributed by atoms with Gasteiger partial charge in [-0.1, -0.05) is 0 Å². The summed E-state index contributed by atoms with van der Waals surface area (Å²) in [6, 6.07) is 3.19. The second-order valence-electron chi connectivity index (χ2n) is 3.41. The van der Waals surface area contributed by atoms with Gasteiger partial charge in [-0.2, -0.15) is 0 Å². The van der Waals surface area contributed by atoms with Gasteiger partial charge in [0.15, 0.2) is 0 Å². The zero-order valence-electron chi connectivity index (χ0n) is 8.84. The average molecular weight is 225 g/mol. The molecular formula is C10H11NO5. The van der Waals surface area contributed by atoms with E-state index in [1.165, 1.54) is 0 Å². The third-order valence-electron chi connectivity index (χ3n) is 1.75. The van der Waals surface area contributed by atoms with E-state index in [2.05, 4.69) is 0 Å². The number of nitro benzene ring substituents is 1. The topological polar surface area (TPSA) is 89.7 Å². The van der Waals surface area contributed by atoms with Gasteiger partial charge in [0.1, 0.15) is 11.3 Å². The van der Waals surface area contributed by atoms with Crippen LogP contribution >= 0.6 is 0 Å². The van der Waals surface area contributed by atoms with E-state index >= 15 is 0 Å². The maximum absolute atomic E-state index is 11.4. The van der Waals surface area contributed by atoms with Gasteiger partial charge in [-0.15, -0.1) is 0 Å². The number of nitro groups is 1. The fourth-order valence-corrected chi connectivity index (χ4v) is 1.08. The van der Waals surface area contributed by atoms with Crippen molar-refractivity contribution >= 4 is 11.7 Å². The monoisotopic (exact) mass is 225 g/mol. The molecule has 0 radical (unpaired) electrons. The minimum Gasteiger partial charge on any atom is -0.507 e. The van der Waals surface area contributed by atoms with E-state index in [-0.39, 0.29) is 23.1 Å². The first-order chi connectivity index (χ1) is 7.41. The lowest BCUT2D eigenvalue weighted by atomic mass is 10.2. The molecule has 0 bridgehead atoms. The van der Waals surface area contributed by atoms with Crippen molar-refractivity contribution < 1.29 is 19.6 Å². The van der Waals surface area contributed by atoms with Gasteiger partial charge in [0.25, 0.3) is 5.69 Å². The third-order valence-corrected chi connectivity index (χ3v) is 1.75. The molecule has 0 aromatic heterocycles. The van der Waals surface area contributed by atoms with Gasteiger partial charge >= 0.3 is 5.97 Å². The van der Waals surface area contributed by atoms with Crippen LogP contribution in [0.2, 0.25) is 0 Å². The highest BCUT2D eigenvalue weighted by atomic mass is 16.6. The average Bonchev–Trinajstić information content (AvgIpc) is 2.16. The molecule has 0 heterocycles. The summed E-state index contributed by atoms with van der Waals surface area (Å²) in [6.07, 6.45) is -0.355. The highest BCUT2D eigenvalue weighted by molar-refractivity contribution is 5.93. The number of nitrogens with zero attached hydrogens (tertiary/aromatic N) is 1. The van der Waals surface area contributed by atoms with Crippen molar-refractivity contribution in [3.63, 3.8) is 0 Å². The summed E-state index contributed by atoms with van der Waals surface area (Å²) < 4.78 is 4.83. The molecule has 6 heteroatoms. The summed E-state index contributed by atoms with van der Waals surface area (Å²) in [7, 11) is 0. The molecule has 0 aliphatic heterocycles. The smallest absolute Gasteiger partial charge is 0.342 e. The van der Waals surface area contributed by atoms with Crippen molar-refractivity contribution in [2.75, 3.05) is 0 Å². The fourth-order valence-electron chi connectivity index (χ4n) is 1.08. The molecule has 0 amide bonds. The number of phenols is 1. The van der Waals surface area contributed by atoms with E-state index in [4.69, 9.17) is 4.74 Å². The number of aromatic hydroxyl groups is 1. The maximum Gasteiger partial charge on any atom is 0.342 e. The van der Waals surface area contributed by atoms with Crippen LogP contribution in [0.3, 0.4) is 0 Å². The number of carbonyl (C=O) groups is 1. The van der Waals surface area contributed by atoms with Crippen LogP contribution < -0.4 is 0 Å². The van der Waals surface area contributed by atoms with Crippen LogP contribution in [0.15, 0.2) is 18.2 Å². The van der Waals surface area contributed by atoms with Crippen LogP contribution in [0.1, 0.15) is 24.2 Å². The minimum atomic E-state index is -0.781. The van der Waals surface area contributed by atoms with Crippen LogP contribution in [-0.2, 0) is 4.74 Å². The second kappa shape index (κ2) is 4.61. The van der Waals surface area contributed by atoms with E-state index in [1.807, 2.05) is 0 Å². The Morgan fingerprint density at radius 2 is 2.12 bits per heavy atom. The molecule has 0 spiro atoms. The van der Waals surface area contributed by atoms with E-state index in [1.54, 1.807) is 13.8 Å². The molecule has 0 saturated heterocycles. The number of hydrogen-bond acceptors (Lipinski definition) is 5. The maximum atomic E-state index is 11.4. The molecule has 0 atom stereocenters. The molecule has 0 unspecified atom stereocenters. The highest BCUT2D eigenvalue weighted by Crippen LogP contribution is 2.23. The number of non-ortho nitro benzene ring substituents is 1. The van der Waals surface area contributed by atoms with Crippen molar-refractivity contribution in [3.8, 4) is 5.75 Å². The van der Waals surface area contributed by atoms with E-state index in [0.717, 1.165) is 18.2 Å². The molecule has 1 rings (SSSR count). The quantitative estimate of drug-likeness (QED) is 0.481. The van der Waals surface area contributed by atoms with E-state index in [0.29, 0.717) is 0 Å². The zero-order valence-corrected chi connectivity index (χ0v) is 8.84. The van der Waals surface area contributed by atoms with Gasteiger partial charge in [-0.3, -0.25) is 10.1 Å². The first-order valence-electron chi connectivity index (χ1n) is 4.60. The Hall–Kier alpha value is -2.11. The highest BCUT2D eigenvalue weighted by Gasteiger charge is 2.18. The number of benzene rings is 1. The first-order valence-corrected chi connectivity index (χ1v) is 4.60. The van der Waals surface area contributed by atoms with Crippen molar-refractivity contribution in [2.24, 2.45) is 0 Å². The Labute approximate surface area is 91.6 Å². The molecule has 1 aromatic carbocycles. The zero-order chi connectivity index (χ0) is 12.3. The van der Waals surface area contributed by atoms with Gasteiger partial charge in [0, 0.05) is 12.1 Å². The largest absolute Gasteiger partial charge is 0.507 e. The number of rotatable bonds is 3. The molecule has 16 heavy (non-hydrogen) atoms. The van der Waals surface area contributed by atoms with Crippen LogP contribution in [0, 0.1) is 10.1 Å².